The molecule has 0 bridgehead atoms. The number of sulfonamides is 1. The summed E-state index contributed by atoms with van der Waals surface area (Å²) in [6, 6.07) is 6.50. The minimum atomic E-state index is -3.15. The summed E-state index contributed by atoms with van der Waals surface area (Å²) in [7, 11) is -3.15. The van der Waals surface area contributed by atoms with Gasteiger partial charge in [0.05, 0.1) is 12.3 Å². The molecule has 1 fully saturated rings. The van der Waals surface area contributed by atoms with E-state index in [0.29, 0.717) is 25.9 Å². The van der Waals surface area contributed by atoms with E-state index >= 15 is 0 Å². The van der Waals surface area contributed by atoms with Gasteiger partial charge >= 0.3 is 0 Å². The topological polar surface area (TPSA) is 66.5 Å². The van der Waals surface area contributed by atoms with Crippen LogP contribution < -0.4 is 5.32 Å². The fourth-order valence-electron chi connectivity index (χ4n) is 3.73. The maximum absolute atomic E-state index is 12.5. The van der Waals surface area contributed by atoms with Crippen LogP contribution in [0.5, 0.6) is 0 Å². The predicted molar refractivity (Wildman–Crippen MR) is 94.2 cm³/mol. The van der Waals surface area contributed by atoms with Crippen LogP contribution in [0, 0.1) is 5.92 Å². The Kier molecular flexibility index (Phi) is 4.97. The lowest BCUT2D eigenvalue weighted by Crippen LogP contribution is -2.43. The van der Waals surface area contributed by atoms with Gasteiger partial charge in [0.2, 0.25) is 15.9 Å². The lowest BCUT2D eigenvalue weighted by molar-refractivity contribution is -0.126. The second-order valence-corrected chi connectivity index (χ2v) is 9.03. The van der Waals surface area contributed by atoms with Gasteiger partial charge in [-0.2, -0.15) is 0 Å². The normalized spacial score (nSPS) is 20.6. The Balaban J connectivity index is 1.57. The molecular weight excluding hydrogens is 324 g/mol. The molecule has 1 saturated heterocycles. The number of rotatable bonds is 4. The summed E-state index contributed by atoms with van der Waals surface area (Å²) in [5.41, 5.74) is 4.00. The monoisotopic (exact) mass is 350 g/mol. The van der Waals surface area contributed by atoms with E-state index in [1.54, 1.807) is 0 Å². The molecule has 1 heterocycles. The van der Waals surface area contributed by atoms with Crippen LogP contribution in [0.15, 0.2) is 18.2 Å². The fraction of sp³-hybridized carbons (Fsp3) is 0.611. The molecule has 1 atom stereocenters. The highest BCUT2D eigenvalue weighted by molar-refractivity contribution is 7.88. The Morgan fingerprint density at radius 2 is 1.88 bits per heavy atom. The third-order valence-corrected chi connectivity index (χ3v) is 6.58. The SMILES string of the molecule is C[C@H](NC(=O)C1CCN(S(C)(=O)=O)CC1)c1ccc2c(c1)CCC2. The Hall–Kier alpha value is -1.40. The van der Waals surface area contributed by atoms with Gasteiger partial charge in [-0.1, -0.05) is 18.2 Å². The molecule has 0 aromatic heterocycles. The molecule has 6 heteroatoms. The van der Waals surface area contributed by atoms with Gasteiger partial charge in [0, 0.05) is 19.0 Å². The van der Waals surface area contributed by atoms with Crippen LogP contribution in [-0.4, -0.2) is 38.0 Å². The number of hydrogen-bond acceptors (Lipinski definition) is 3. The molecule has 0 unspecified atom stereocenters. The van der Waals surface area contributed by atoms with Crippen LogP contribution in [-0.2, 0) is 27.7 Å². The molecule has 132 valence electrons. The molecule has 0 saturated carbocycles. The molecule has 1 aromatic carbocycles. The summed E-state index contributed by atoms with van der Waals surface area (Å²) in [4.78, 5) is 12.5. The number of carbonyl (C=O) groups is 1. The van der Waals surface area contributed by atoms with E-state index in [2.05, 4.69) is 23.5 Å². The first-order valence-corrected chi connectivity index (χ1v) is 10.6. The number of nitrogens with one attached hydrogen (secondary N) is 1. The van der Waals surface area contributed by atoms with E-state index in [-0.39, 0.29) is 17.9 Å². The third-order valence-electron chi connectivity index (χ3n) is 5.28. The maximum Gasteiger partial charge on any atom is 0.223 e. The lowest BCUT2D eigenvalue weighted by atomic mass is 9.96. The Morgan fingerprint density at radius 3 is 2.54 bits per heavy atom. The van der Waals surface area contributed by atoms with Gasteiger partial charge < -0.3 is 5.32 Å². The van der Waals surface area contributed by atoms with Crippen molar-refractivity contribution in [3.8, 4) is 0 Å². The summed E-state index contributed by atoms with van der Waals surface area (Å²) in [6.07, 6.45) is 5.93. The smallest absolute Gasteiger partial charge is 0.223 e. The van der Waals surface area contributed by atoms with Crippen LogP contribution in [0.1, 0.15) is 48.9 Å². The van der Waals surface area contributed by atoms with E-state index in [1.807, 2.05) is 6.92 Å². The molecule has 1 aliphatic carbocycles. The van der Waals surface area contributed by atoms with Gasteiger partial charge in [-0.05, 0) is 55.7 Å². The van der Waals surface area contributed by atoms with Gasteiger partial charge in [0.1, 0.15) is 0 Å². The number of nitrogens with zero attached hydrogens (tertiary/aromatic N) is 1. The standard InChI is InChI=1S/C18H26N2O3S/c1-13(16-7-6-14-4-3-5-17(14)12-16)19-18(21)15-8-10-20(11-9-15)24(2,22)23/h6-7,12-13,15H,3-5,8-11H2,1-2H3,(H,19,21)/t13-/m0/s1. The summed E-state index contributed by atoms with van der Waals surface area (Å²) < 4.78 is 24.5. The molecule has 3 rings (SSSR count). The molecule has 5 nitrogen and oxygen atoms in total. The van der Waals surface area contributed by atoms with Crippen molar-refractivity contribution < 1.29 is 13.2 Å². The van der Waals surface area contributed by atoms with Crippen LogP contribution in [0.25, 0.3) is 0 Å². The number of piperidine rings is 1. The first kappa shape index (κ1) is 17.4. The molecule has 1 aromatic rings. The third kappa shape index (κ3) is 3.81. The largest absolute Gasteiger partial charge is 0.349 e. The Bertz CT molecular complexity index is 722. The van der Waals surface area contributed by atoms with Gasteiger partial charge in [-0.15, -0.1) is 0 Å². The first-order valence-electron chi connectivity index (χ1n) is 8.72. The van der Waals surface area contributed by atoms with Crippen molar-refractivity contribution in [2.24, 2.45) is 5.92 Å². The molecule has 0 spiro atoms. The van der Waals surface area contributed by atoms with E-state index < -0.39 is 10.0 Å². The van der Waals surface area contributed by atoms with Gasteiger partial charge in [0.15, 0.2) is 0 Å². The number of carbonyl (C=O) groups excluding carboxylic acids is 1. The van der Waals surface area contributed by atoms with E-state index in [1.165, 1.54) is 28.1 Å². The average molecular weight is 350 g/mol. The Labute approximate surface area is 144 Å². The molecule has 1 N–H and O–H groups in total. The van der Waals surface area contributed by atoms with Crippen LogP contribution in [0.2, 0.25) is 0 Å². The number of hydrogen-bond donors (Lipinski definition) is 1. The van der Waals surface area contributed by atoms with Crippen molar-refractivity contribution in [2.75, 3.05) is 19.3 Å². The second kappa shape index (κ2) is 6.84. The summed E-state index contributed by atoms with van der Waals surface area (Å²) in [5, 5.41) is 3.10. The van der Waals surface area contributed by atoms with Crippen molar-refractivity contribution in [2.45, 2.75) is 45.1 Å². The number of aryl methyl sites for hydroxylation is 2. The first-order chi connectivity index (χ1) is 11.3. The zero-order chi connectivity index (χ0) is 17.3. The molecular formula is C18H26N2O3S. The maximum atomic E-state index is 12.5. The van der Waals surface area contributed by atoms with Crippen molar-refractivity contribution in [3.63, 3.8) is 0 Å². The average Bonchev–Trinajstić information content (AvgIpc) is 3.01. The van der Waals surface area contributed by atoms with Crippen molar-refractivity contribution in [3.05, 3.63) is 34.9 Å². The molecule has 1 amide bonds. The van der Waals surface area contributed by atoms with E-state index in [9.17, 15) is 13.2 Å². The van der Waals surface area contributed by atoms with Gasteiger partial charge in [-0.3, -0.25) is 4.79 Å². The van der Waals surface area contributed by atoms with E-state index in [0.717, 1.165) is 18.4 Å². The van der Waals surface area contributed by atoms with Crippen molar-refractivity contribution in [1.82, 2.24) is 9.62 Å². The zero-order valence-electron chi connectivity index (χ0n) is 14.4. The zero-order valence-corrected chi connectivity index (χ0v) is 15.2. The summed E-state index contributed by atoms with van der Waals surface area (Å²) >= 11 is 0. The highest BCUT2D eigenvalue weighted by Crippen LogP contribution is 2.26. The fourth-order valence-corrected chi connectivity index (χ4v) is 4.60. The van der Waals surface area contributed by atoms with Gasteiger partial charge in [-0.25, -0.2) is 12.7 Å². The minimum absolute atomic E-state index is 0.0173. The van der Waals surface area contributed by atoms with Crippen molar-refractivity contribution in [1.29, 1.82) is 0 Å². The highest BCUT2D eigenvalue weighted by atomic mass is 32.2. The van der Waals surface area contributed by atoms with Crippen molar-refractivity contribution >= 4 is 15.9 Å². The minimum Gasteiger partial charge on any atom is -0.349 e. The number of fused-ring (bicyclic) bond motifs is 1. The quantitative estimate of drug-likeness (QED) is 0.903. The predicted octanol–water partition coefficient (Wildman–Crippen LogP) is 2.02. The summed E-state index contributed by atoms with van der Waals surface area (Å²) in [6.45, 7) is 2.88. The second-order valence-electron chi connectivity index (χ2n) is 7.05. The molecule has 0 radical (unpaired) electrons. The Morgan fingerprint density at radius 1 is 1.21 bits per heavy atom. The molecule has 24 heavy (non-hydrogen) atoms. The van der Waals surface area contributed by atoms with Crippen LogP contribution >= 0.6 is 0 Å². The molecule has 1 aliphatic heterocycles. The molecule has 2 aliphatic rings. The highest BCUT2D eigenvalue weighted by Gasteiger charge is 2.29. The number of benzene rings is 1. The summed E-state index contributed by atoms with van der Waals surface area (Å²) in [5.74, 6) is -0.0592. The van der Waals surface area contributed by atoms with Crippen LogP contribution in [0.3, 0.4) is 0 Å². The lowest BCUT2D eigenvalue weighted by Gasteiger charge is -2.30. The number of amides is 1. The van der Waals surface area contributed by atoms with Crippen LogP contribution in [0.4, 0.5) is 0 Å². The van der Waals surface area contributed by atoms with E-state index in [4.69, 9.17) is 0 Å². The van der Waals surface area contributed by atoms with Gasteiger partial charge in [0.25, 0.3) is 0 Å².